The van der Waals surface area contributed by atoms with Crippen molar-refractivity contribution < 1.29 is 22.9 Å². The van der Waals surface area contributed by atoms with Crippen LogP contribution in [0.5, 0.6) is 0 Å². The fourth-order valence-electron chi connectivity index (χ4n) is 4.30. The van der Waals surface area contributed by atoms with Crippen LogP contribution in [0.25, 0.3) is 10.9 Å². The smallest absolute Gasteiger partial charge is 0.366 e. The number of halogens is 3. The predicted molar refractivity (Wildman–Crippen MR) is 118 cm³/mol. The number of carbonyl (C=O) groups is 1. The van der Waals surface area contributed by atoms with Crippen molar-refractivity contribution in [2.75, 3.05) is 24.5 Å². The fraction of sp³-hybridized carbons (Fsp3) is 0.348. The summed E-state index contributed by atoms with van der Waals surface area (Å²) in [6, 6.07) is 10.5. The highest BCUT2D eigenvalue weighted by Crippen LogP contribution is 2.37. The molecule has 1 aromatic heterocycles. The quantitative estimate of drug-likeness (QED) is 0.413. The molecule has 7 nitrogen and oxygen atoms in total. The summed E-state index contributed by atoms with van der Waals surface area (Å²) in [6.07, 6.45) is -1.09. The highest BCUT2D eigenvalue weighted by atomic mass is 19.4. The van der Waals surface area contributed by atoms with Crippen molar-refractivity contribution in [2.24, 2.45) is 5.92 Å². The average molecular weight is 460 g/mol. The second-order valence-corrected chi connectivity index (χ2v) is 8.12. The maximum atomic E-state index is 12.9. The Morgan fingerprint density at radius 2 is 1.91 bits per heavy atom. The Bertz CT molecular complexity index is 1170. The Balaban J connectivity index is 1.33. The van der Waals surface area contributed by atoms with Crippen LogP contribution in [0.1, 0.15) is 24.0 Å². The zero-order valence-electron chi connectivity index (χ0n) is 17.7. The van der Waals surface area contributed by atoms with E-state index in [0.29, 0.717) is 45.0 Å². The zero-order chi connectivity index (χ0) is 23.6. The summed E-state index contributed by atoms with van der Waals surface area (Å²) in [5, 5.41) is 15.4. The third-order valence-corrected chi connectivity index (χ3v) is 6.07. The van der Waals surface area contributed by atoms with Gasteiger partial charge in [0.2, 0.25) is 5.91 Å². The van der Waals surface area contributed by atoms with Gasteiger partial charge >= 0.3 is 6.18 Å². The second-order valence-electron chi connectivity index (χ2n) is 8.12. The second kappa shape index (κ2) is 9.13. The van der Waals surface area contributed by atoms with Crippen LogP contribution in [-0.4, -0.2) is 35.4 Å². The van der Waals surface area contributed by atoms with E-state index in [0.717, 1.165) is 28.6 Å². The SMILES string of the molecule is O=C(NCCc1c[nH]c2ccccc12)C1CCN(c2ccc(C(F)(F)F)cc2[N+](=O)[O-])CC1. The van der Waals surface area contributed by atoms with Gasteiger partial charge in [-0.2, -0.15) is 13.2 Å². The molecule has 0 radical (unpaired) electrons. The normalized spacial score (nSPS) is 15.1. The molecule has 0 unspecified atom stereocenters. The lowest BCUT2D eigenvalue weighted by atomic mass is 9.95. The van der Waals surface area contributed by atoms with E-state index >= 15 is 0 Å². The van der Waals surface area contributed by atoms with Crippen LogP contribution in [0.3, 0.4) is 0 Å². The van der Waals surface area contributed by atoms with E-state index in [-0.39, 0.29) is 17.5 Å². The van der Waals surface area contributed by atoms with Gasteiger partial charge in [0.05, 0.1) is 10.5 Å². The minimum absolute atomic E-state index is 0.0728. The number of hydrogen-bond donors (Lipinski definition) is 2. The number of aromatic nitrogens is 1. The van der Waals surface area contributed by atoms with Crippen molar-refractivity contribution in [3.8, 4) is 0 Å². The van der Waals surface area contributed by atoms with Crippen LogP contribution in [0, 0.1) is 16.0 Å². The first-order valence-electron chi connectivity index (χ1n) is 10.7. The molecule has 3 aromatic rings. The first-order chi connectivity index (χ1) is 15.7. The molecule has 2 N–H and O–H groups in total. The highest BCUT2D eigenvalue weighted by Gasteiger charge is 2.34. The van der Waals surface area contributed by atoms with Gasteiger partial charge in [-0.3, -0.25) is 14.9 Å². The summed E-state index contributed by atoms with van der Waals surface area (Å²) in [7, 11) is 0. The summed E-state index contributed by atoms with van der Waals surface area (Å²) in [5.74, 6) is -0.311. The molecule has 0 atom stereocenters. The maximum Gasteiger partial charge on any atom is 0.416 e. The third-order valence-electron chi connectivity index (χ3n) is 6.07. The maximum absolute atomic E-state index is 12.9. The molecule has 1 saturated heterocycles. The molecular formula is C23H23F3N4O3. The fourth-order valence-corrected chi connectivity index (χ4v) is 4.30. The Morgan fingerprint density at radius 3 is 2.61 bits per heavy atom. The van der Waals surface area contributed by atoms with Gasteiger partial charge < -0.3 is 15.2 Å². The summed E-state index contributed by atoms with van der Waals surface area (Å²) < 4.78 is 38.8. The Morgan fingerprint density at radius 1 is 1.18 bits per heavy atom. The van der Waals surface area contributed by atoms with E-state index in [4.69, 9.17) is 0 Å². The molecule has 0 aliphatic carbocycles. The molecule has 0 spiro atoms. The van der Waals surface area contributed by atoms with E-state index in [1.165, 1.54) is 0 Å². The topological polar surface area (TPSA) is 91.3 Å². The average Bonchev–Trinajstić information content (AvgIpc) is 3.21. The number of carbonyl (C=O) groups excluding carboxylic acids is 1. The molecule has 1 fully saturated rings. The number of aromatic amines is 1. The van der Waals surface area contributed by atoms with Crippen LogP contribution in [0.2, 0.25) is 0 Å². The first kappa shape index (κ1) is 22.6. The van der Waals surface area contributed by atoms with Crippen molar-refractivity contribution in [3.63, 3.8) is 0 Å². The molecule has 0 bridgehead atoms. The number of H-pyrrole nitrogens is 1. The van der Waals surface area contributed by atoms with Crippen LogP contribution in [0.4, 0.5) is 24.5 Å². The molecule has 174 valence electrons. The van der Waals surface area contributed by atoms with Crippen LogP contribution in [0.15, 0.2) is 48.7 Å². The number of alkyl halides is 3. The number of piperidine rings is 1. The van der Waals surface area contributed by atoms with Crippen molar-refractivity contribution in [3.05, 3.63) is 69.9 Å². The Hall–Kier alpha value is -3.56. The van der Waals surface area contributed by atoms with E-state index in [9.17, 15) is 28.1 Å². The number of nitrogens with zero attached hydrogens (tertiary/aromatic N) is 2. The molecule has 1 amide bonds. The van der Waals surface area contributed by atoms with E-state index in [1.807, 2.05) is 30.5 Å². The van der Waals surface area contributed by atoms with Gasteiger partial charge in [0.25, 0.3) is 5.69 Å². The Kier molecular flexibility index (Phi) is 6.26. The molecule has 0 saturated carbocycles. The highest BCUT2D eigenvalue weighted by molar-refractivity contribution is 5.83. The molecule has 1 aliphatic rings. The first-order valence-corrected chi connectivity index (χ1v) is 10.7. The molecule has 4 rings (SSSR count). The van der Waals surface area contributed by atoms with Gasteiger partial charge in [-0.05, 0) is 43.0 Å². The zero-order valence-corrected chi connectivity index (χ0v) is 17.7. The van der Waals surface area contributed by atoms with E-state index in [2.05, 4.69) is 10.3 Å². The van der Waals surface area contributed by atoms with Gasteiger partial charge in [0.1, 0.15) is 5.69 Å². The van der Waals surface area contributed by atoms with Gasteiger partial charge in [0, 0.05) is 48.7 Å². The Labute approximate surface area is 187 Å². The minimum atomic E-state index is -4.65. The lowest BCUT2D eigenvalue weighted by molar-refractivity contribution is -0.384. The lowest BCUT2D eigenvalue weighted by Gasteiger charge is -2.32. The number of anilines is 1. The lowest BCUT2D eigenvalue weighted by Crippen LogP contribution is -2.41. The minimum Gasteiger partial charge on any atom is -0.366 e. The predicted octanol–water partition coefficient (Wildman–Crippen LogP) is 4.67. The van der Waals surface area contributed by atoms with Gasteiger partial charge in [0.15, 0.2) is 0 Å². The molecule has 10 heteroatoms. The number of amides is 1. The van der Waals surface area contributed by atoms with Crippen LogP contribution in [-0.2, 0) is 17.4 Å². The standard InChI is InChI=1S/C23H23F3N4O3/c24-23(25,26)17-5-6-20(21(13-17)30(32)33)29-11-8-15(9-12-29)22(31)27-10-7-16-14-28-19-4-2-1-3-18(16)19/h1-6,13-15,28H,7-12H2,(H,27,31). The van der Waals surface area contributed by atoms with Crippen LogP contribution < -0.4 is 10.2 Å². The van der Waals surface area contributed by atoms with Crippen molar-refractivity contribution in [1.29, 1.82) is 0 Å². The van der Waals surface area contributed by atoms with Crippen LogP contribution >= 0.6 is 0 Å². The molecule has 2 heterocycles. The monoisotopic (exact) mass is 460 g/mol. The molecule has 1 aliphatic heterocycles. The molecular weight excluding hydrogens is 437 g/mol. The summed E-state index contributed by atoms with van der Waals surface area (Å²) >= 11 is 0. The number of nitro benzene ring substituents is 1. The van der Waals surface area contributed by atoms with Crippen molar-refractivity contribution in [2.45, 2.75) is 25.4 Å². The number of hydrogen-bond acceptors (Lipinski definition) is 4. The largest absolute Gasteiger partial charge is 0.416 e. The number of benzene rings is 2. The van der Waals surface area contributed by atoms with E-state index in [1.54, 1.807) is 4.90 Å². The number of rotatable bonds is 6. The summed E-state index contributed by atoms with van der Waals surface area (Å²) in [6.45, 7) is 1.20. The number of nitrogens with one attached hydrogen (secondary N) is 2. The molecule has 33 heavy (non-hydrogen) atoms. The number of para-hydroxylation sites is 1. The van der Waals surface area contributed by atoms with E-state index < -0.39 is 22.4 Å². The third kappa shape index (κ3) is 4.94. The number of nitro groups is 1. The summed E-state index contributed by atoms with van der Waals surface area (Å²) in [4.78, 5) is 28.0. The number of fused-ring (bicyclic) bond motifs is 1. The molecule has 2 aromatic carbocycles. The van der Waals surface area contributed by atoms with Crippen molar-refractivity contribution in [1.82, 2.24) is 10.3 Å². The van der Waals surface area contributed by atoms with Gasteiger partial charge in [-0.1, -0.05) is 18.2 Å². The summed E-state index contributed by atoms with van der Waals surface area (Å²) in [5.41, 5.74) is 0.680. The van der Waals surface area contributed by atoms with Gasteiger partial charge in [-0.15, -0.1) is 0 Å². The van der Waals surface area contributed by atoms with Crippen molar-refractivity contribution >= 4 is 28.2 Å². The van der Waals surface area contributed by atoms with Gasteiger partial charge in [-0.25, -0.2) is 0 Å².